The molecule has 1 amide bonds. The molecule has 1 unspecified atom stereocenters. The molecule has 0 fully saturated rings. The lowest BCUT2D eigenvalue weighted by molar-refractivity contribution is -0.139. The predicted molar refractivity (Wildman–Crippen MR) is 74.5 cm³/mol. The van der Waals surface area contributed by atoms with Gasteiger partial charge in [-0.2, -0.15) is 0 Å². The first kappa shape index (κ1) is 15.2. The number of aryl methyl sites for hydroxylation is 1. The van der Waals surface area contributed by atoms with Crippen LogP contribution in [0, 0.1) is 6.92 Å². The minimum Gasteiger partial charge on any atom is -0.480 e. The summed E-state index contributed by atoms with van der Waals surface area (Å²) in [5, 5.41) is 12.1. The van der Waals surface area contributed by atoms with Gasteiger partial charge in [-0.05, 0) is 44.0 Å². The van der Waals surface area contributed by atoms with Gasteiger partial charge in [0.25, 0.3) is 5.91 Å². The standard InChI is InChI=1S/C14H16ClNO3/c1-3-4-5-12(14(18)19)16-13(17)10-6-7-11(15)9(2)8-10/h3-4,6-8,12H,5H2,1-2H3,(H,16,17)(H,18,19)/b4-3+. The van der Waals surface area contributed by atoms with Crippen molar-refractivity contribution in [3.63, 3.8) is 0 Å². The van der Waals surface area contributed by atoms with E-state index in [0.717, 1.165) is 5.56 Å². The number of halogens is 1. The lowest BCUT2D eigenvalue weighted by atomic mass is 10.1. The molecule has 1 atom stereocenters. The third-order valence-electron chi connectivity index (χ3n) is 2.63. The number of hydrogen-bond acceptors (Lipinski definition) is 2. The van der Waals surface area contributed by atoms with Crippen molar-refractivity contribution in [1.82, 2.24) is 5.32 Å². The van der Waals surface area contributed by atoms with Gasteiger partial charge in [0.1, 0.15) is 6.04 Å². The lowest BCUT2D eigenvalue weighted by Crippen LogP contribution is -2.40. The fraction of sp³-hybridized carbons (Fsp3) is 0.286. The summed E-state index contributed by atoms with van der Waals surface area (Å²) in [4.78, 5) is 23.0. The number of amides is 1. The van der Waals surface area contributed by atoms with Gasteiger partial charge >= 0.3 is 5.97 Å². The summed E-state index contributed by atoms with van der Waals surface area (Å²) in [7, 11) is 0. The second-order valence-electron chi connectivity index (χ2n) is 4.13. The van der Waals surface area contributed by atoms with E-state index in [4.69, 9.17) is 16.7 Å². The monoisotopic (exact) mass is 281 g/mol. The van der Waals surface area contributed by atoms with E-state index in [2.05, 4.69) is 5.32 Å². The first-order valence-electron chi connectivity index (χ1n) is 5.86. The summed E-state index contributed by atoms with van der Waals surface area (Å²) in [5.41, 5.74) is 1.17. The molecule has 0 spiro atoms. The van der Waals surface area contributed by atoms with Crippen LogP contribution in [0.4, 0.5) is 0 Å². The Balaban J connectivity index is 2.81. The van der Waals surface area contributed by atoms with Crippen LogP contribution in [0.1, 0.15) is 29.3 Å². The molecule has 1 rings (SSSR count). The lowest BCUT2D eigenvalue weighted by Gasteiger charge is -2.13. The summed E-state index contributed by atoms with van der Waals surface area (Å²) < 4.78 is 0. The third kappa shape index (κ3) is 4.41. The number of rotatable bonds is 5. The molecule has 0 aliphatic rings. The SMILES string of the molecule is C/C=C/CC(NC(=O)c1ccc(Cl)c(C)c1)C(=O)O. The molecular weight excluding hydrogens is 266 g/mol. The Bertz CT molecular complexity index is 511. The molecule has 5 heteroatoms. The van der Waals surface area contributed by atoms with E-state index in [9.17, 15) is 9.59 Å². The highest BCUT2D eigenvalue weighted by Crippen LogP contribution is 2.16. The maximum Gasteiger partial charge on any atom is 0.326 e. The first-order valence-corrected chi connectivity index (χ1v) is 6.24. The highest BCUT2D eigenvalue weighted by atomic mass is 35.5. The number of hydrogen-bond donors (Lipinski definition) is 2. The van der Waals surface area contributed by atoms with Crippen LogP contribution in [-0.4, -0.2) is 23.0 Å². The van der Waals surface area contributed by atoms with E-state index in [0.29, 0.717) is 10.6 Å². The van der Waals surface area contributed by atoms with Gasteiger partial charge in [-0.1, -0.05) is 23.8 Å². The largest absolute Gasteiger partial charge is 0.480 e. The van der Waals surface area contributed by atoms with Crippen LogP contribution < -0.4 is 5.32 Å². The molecule has 0 saturated heterocycles. The first-order chi connectivity index (χ1) is 8.95. The molecule has 1 aromatic rings. The Hall–Kier alpha value is -1.81. The number of aliphatic carboxylic acids is 1. The summed E-state index contributed by atoms with van der Waals surface area (Å²) in [6.07, 6.45) is 3.70. The highest BCUT2D eigenvalue weighted by Gasteiger charge is 2.19. The van der Waals surface area contributed by atoms with Crippen molar-refractivity contribution in [1.29, 1.82) is 0 Å². The highest BCUT2D eigenvalue weighted by molar-refractivity contribution is 6.31. The van der Waals surface area contributed by atoms with Crippen molar-refractivity contribution < 1.29 is 14.7 Å². The molecule has 2 N–H and O–H groups in total. The molecule has 102 valence electrons. The smallest absolute Gasteiger partial charge is 0.326 e. The molecule has 0 aromatic heterocycles. The van der Waals surface area contributed by atoms with E-state index in [1.807, 2.05) is 0 Å². The molecule has 0 bridgehead atoms. The average molecular weight is 282 g/mol. The van der Waals surface area contributed by atoms with Gasteiger partial charge in [0.2, 0.25) is 0 Å². The second kappa shape index (κ2) is 6.95. The van der Waals surface area contributed by atoms with E-state index >= 15 is 0 Å². The van der Waals surface area contributed by atoms with Gasteiger partial charge in [0, 0.05) is 10.6 Å². The van der Waals surface area contributed by atoms with E-state index in [-0.39, 0.29) is 6.42 Å². The van der Waals surface area contributed by atoms with Gasteiger partial charge in [0.05, 0.1) is 0 Å². The molecular formula is C14H16ClNO3. The van der Waals surface area contributed by atoms with Crippen molar-refractivity contribution in [2.45, 2.75) is 26.3 Å². The van der Waals surface area contributed by atoms with Crippen LogP contribution >= 0.6 is 11.6 Å². The van der Waals surface area contributed by atoms with Crippen LogP contribution in [0.25, 0.3) is 0 Å². The van der Waals surface area contributed by atoms with Crippen molar-refractivity contribution >= 4 is 23.5 Å². The predicted octanol–water partition coefficient (Wildman–Crippen LogP) is 2.80. The van der Waals surface area contributed by atoms with Gasteiger partial charge in [-0.25, -0.2) is 4.79 Å². The quantitative estimate of drug-likeness (QED) is 0.816. The zero-order chi connectivity index (χ0) is 14.4. The number of allylic oxidation sites excluding steroid dienone is 1. The Morgan fingerprint density at radius 3 is 2.68 bits per heavy atom. The van der Waals surface area contributed by atoms with Gasteiger partial charge in [-0.3, -0.25) is 4.79 Å². The molecule has 0 aliphatic carbocycles. The van der Waals surface area contributed by atoms with Gasteiger partial charge < -0.3 is 10.4 Å². The average Bonchev–Trinajstić information content (AvgIpc) is 2.37. The Kier molecular flexibility index (Phi) is 5.57. The van der Waals surface area contributed by atoms with Gasteiger partial charge in [-0.15, -0.1) is 0 Å². The van der Waals surface area contributed by atoms with E-state index < -0.39 is 17.9 Å². The number of carbonyl (C=O) groups is 2. The number of carboxylic acid groups (broad SMARTS) is 1. The number of carbonyl (C=O) groups excluding carboxylic acids is 1. The van der Waals surface area contributed by atoms with E-state index in [1.165, 1.54) is 0 Å². The van der Waals surface area contributed by atoms with Gasteiger partial charge in [0.15, 0.2) is 0 Å². The topological polar surface area (TPSA) is 66.4 Å². The Morgan fingerprint density at radius 1 is 1.47 bits per heavy atom. The fourth-order valence-corrected chi connectivity index (χ4v) is 1.64. The molecule has 0 heterocycles. The molecule has 0 saturated carbocycles. The molecule has 0 aliphatic heterocycles. The zero-order valence-corrected chi connectivity index (χ0v) is 11.6. The molecule has 19 heavy (non-hydrogen) atoms. The van der Waals surface area contributed by atoms with Crippen molar-refractivity contribution in [2.24, 2.45) is 0 Å². The van der Waals surface area contributed by atoms with Crippen molar-refractivity contribution in [3.05, 3.63) is 46.5 Å². The maximum absolute atomic E-state index is 11.9. The maximum atomic E-state index is 11.9. The molecule has 4 nitrogen and oxygen atoms in total. The van der Waals surface area contributed by atoms with Crippen LogP contribution in [0.3, 0.4) is 0 Å². The number of carboxylic acids is 1. The second-order valence-corrected chi connectivity index (χ2v) is 4.54. The van der Waals surface area contributed by atoms with Crippen LogP contribution in [-0.2, 0) is 4.79 Å². The van der Waals surface area contributed by atoms with Crippen LogP contribution in [0.2, 0.25) is 5.02 Å². The minimum absolute atomic E-state index is 0.254. The Morgan fingerprint density at radius 2 is 2.16 bits per heavy atom. The zero-order valence-electron chi connectivity index (χ0n) is 10.8. The number of nitrogens with one attached hydrogen (secondary N) is 1. The van der Waals surface area contributed by atoms with Crippen LogP contribution in [0.5, 0.6) is 0 Å². The van der Waals surface area contributed by atoms with Crippen molar-refractivity contribution in [2.75, 3.05) is 0 Å². The van der Waals surface area contributed by atoms with E-state index in [1.54, 1.807) is 44.2 Å². The van der Waals surface area contributed by atoms with Crippen LogP contribution in [0.15, 0.2) is 30.4 Å². The summed E-state index contributed by atoms with van der Waals surface area (Å²) in [6, 6.07) is 3.89. The third-order valence-corrected chi connectivity index (χ3v) is 3.06. The summed E-state index contributed by atoms with van der Waals surface area (Å²) >= 11 is 5.88. The molecule has 1 aromatic carbocycles. The molecule has 0 radical (unpaired) electrons. The fourth-order valence-electron chi connectivity index (χ4n) is 1.52. The normalized spacial score (nSPS) is 12.4. The minimum atomic E-state index is -1.06. The summed E-state index contributed by atoms with van der Waals surface area (Å²) in [5.74, 6) is -1.48. The number of benzene rings is 1. The Labute approximate surface area is 117 Å². The summed E-state index contributed by atoms with van der Waals surface area (Å²) in [6.45, 7) is 3.58. The van der Waals surface area contributed by atoms with Crippen molar-refractivity contribution in [3.8, 4) is 0 Å².